The van der Waals surface area contributed by atoms with Crippen LogP contribution in [0.5, 0.6) is 0 Å². The summed E-state index contributed by atoms with van der Waals surface area (Å²) in [5.74, 6) is -0.293. The summed E-state index contributed by atoms with van der Waals surface area (Å²) in [7, 11) is 0. The summed E-state index contributed by atoms with van der Waals surface area (Å²) in [6, 6.07) is 14.5. The Labute approximate surface area is 132 Å². The van der Waals surface area contributed by atoms with Gasteiger partial charge in [-0.25, -0.2) is 4.39 Å². The van der Waals surface area contributed by atoms with Crippen LogP contribution in [0.4, 0.5) is 4.39 Å². The van der Waals surface area contributed by atoms with Crippen LogP contribution >= 0.6 is 15.9 Å². The van der Waals surface area contributed by atoms with Crippen molar-refractivity contribution in [3.05, 3.63) is 69.9 Å². The molecule has 0 saturated heterocycles. The molecule has 4 heteroatoms. The highest BCUT2D eigenvalue weighted by molar-refractivity contribution is 9.10. The van der Waals surface area contributed by atoms with Crippen LogP contribution in [0.3, 0.4) is 0 Å². The smallest absolute Gasteiger partial charge is 0.127 e. The van der Waals surface area contributed by atoms with Gasteiger partial charge in [-0.3, -0.25) is 0 Å². The van der Waals surface area contributed by atoms with E-state index in [0.29, 0.717) is 16.5 Å². The monoisotopic (exact) mass is 351 g/mol. The van der Waals surface area contributed by atoms with Gasteiger partial charge in [0.05, 0.1) is 6.10 Å². The highest BCUT2D eigenvalue weighted by atomic mass is 79.9. The molecule has 2 aromatic rings. The minimum absolute atomic E-state index is 0.240. The van der Waals surface area contributed by atoms with Crippen molar-refractivity contribution in [2.24, 2.45) is 5.73 Å². The van der Waals surface area contributed by atoms with Gasteiger partial charge >= 0.3 is 0 Å². The van der Waals surface area contributed by atoms with Crippen molar-refractivity contribution in [1.82, 2.24) is 0 Å². The molecule has 0 aliphatic rings. The van der Waals surface area contributed by atoms with Gasteiger partial charge < -0.3 is 10.8 Å². The van der Waals surface area contributed by atoms with E-state index in [1.54, 1.807) is 19.1 Å². The number of benzene rings is 2. The first-order valence-electron chi connectivity index (χ1n) is 6.87. The van der Waals surface area contributed by atoms with E-state index in [4.69, 9.17) is 5.73 Å². The topological polar surface area (TPSA) is 46.2 Å². The fourth-order valence-corrected chi connectivity index (χ4v) is 2.96. The van der Waals surface area contributed by atoms with E-state index in [1.807, 2.05) is 30.3 Å². The molecule has 0 aliphatic heterocycles. The number of rotatable bonds is 5. The molecule has 0 fully saturated rings. The molecule has 0 spiro atoms. The minimum Gasteiger partial charge on any atom is -0.392 e. The van der Waals surface area contributed by atoms with Gasteiger partial charge in [-0.2, -0.15) is 0 Å². The second kappa shape index (κ2) is 6.69. The first-order chi connectivity index (χ1) is 9.99. The quantitative estimate of drug-likeness (QED) is 0.866. The Morgan fingerprint density at radius 2 is 1.90 bits per heavy atom. The predicted molar refractivity (Wildman–Crippen MR) is 86.7 cm³/mol. The molecule has 2 atom stereocenters. The average Bonchev–Trinajstić information content (AvgIpc) is 2.47. The van der Waals surface area contributed by atoms with E-state index in [2.05, 4.69) is 15.9 Å². The van der Waals surface area contributed by atoms with Crippen LogP contribution in [0, 0.1) is 5.82 Å². The number of halogens is 2. The Hall–Kier alpha value is -1.23. The molecular formula is C17H19BrFNO. The van der Waals surface area contributed by atoms with Crippen molar-refractivity contribution < 1.29 is 9.50 Å². The van der Waals surface area contributed by atoms with E-state index < -0.39 is 11.5 Å². The molecule has 0 bridgehead atoms. The SMILES string of the molecule is CC(O)C(CN)(Cc1ccc(Br)cc1F)c1ccccc1. The summed E-state index contributed by atoms with van der Waals surface area (Å²) in [4.78, 5) is 0. The zero-order chi connectivity index (χ0) is 15.5. The Bertz CT molecular complexity index is 603. The average molecular weight is 352 g/mol. The lowest BCUT2D eigenvalue weighted by Crippen LogP contribution is -2.46. The lowest BCUT2D eigenvalue weighted by molar-refractivity contribution is 0.0995. The van der Waals surface area contributed by atoms with Crippen LogP contribution in [-0.4, -0.2) is 17.8 Å². The summed E-state index contributed by atoms with van der Waals surface area (Å²) < 4.78 is 14.8. The summed E-state index contributed by atoms with van der Waals surface area (Å²) in [6.45, 7) is 1.95. The summed E-state index contributed by atoms with van der Waals surface area (Å²) in [6.07, 6.45) is -0.336. The maximum absolute atomic E-state index is 14.1. The van der Waals surface area contributed by atoms with Crippen LogP contribution in [0.15, 0.2) is 53.0 Å². The van der Waals surface area contributed by atoms with Gasteiger partial charge in [0.2, 0.25) is 0 Å². The van der Waals surface area contributed by atoms with Gasteiger partial charge in [-0.1, -0.05) is 52.3 Å². The highest BCUT2D eigenvalue weighted by Crippen LogP contribution is 2.32. The van der Waals surface area contributed by atoms with E-state index in [-0.39, 0.29) is 12.4 Å². The van der Waals surface area contributed by atoms with Gasteiger partial charge in [0.1, 0.15) is 5.82 Å². The van der Waals surface area contributed by atoms with Crippen molar-refractivity contribution in [2.45, 2.75) is 24.9 Å². The zero-order valence-electron chi connectivity index (χ0n) is 11.9. The Kier molecular flexibility index (Phi) is 5.14. The van der Waals surface area contributed by atoms with Gasteiger partial charge in [0.15, 0.2) is 0 Å². The molecule has 0 saturated carbocycles. The molecule has 0 aliphatic carbocycles. The maximum atomic E-state index is 14.1. The first-order valence-corrected chi connectivity index (χ1v) is 7.66. The summed E-state index contributed by atoms with van der Waals surface area (Å²) in [5.41, 5.74) is 6.75. The number of hydrogen-bond acceptors (Lipinski definition) is 2. The largest absolute Gasteiger partial charge is 0.392 e. The van der Waals surface area contributed by atoms with Crippen molar-refractivity contribution in [2.75, 3.05) is 6.54 Å². The summed E-state index contributed by atoms with van der Waals surface area (Å²) in [5, 5.41) is 10.3. The van der Waals surface area contributed by atoms with Crippen LogP contribution in [-0.2, 0) is 11.8 Å². The van der Waals surface area contributed by atoms with E-state index in [1.165, 1.54) is 6.07 Å². The lowest BCUT2D eigenvalue weighted by atomic mass is 9.71. The van der Waals surface area contributed by atoms with Crippen LogP contribution in [0.2, 0.25) is 0 Å². The predicted octanol–water partition coefficient (Wildman–Crippen LogP) is 3.41. The second-order valence-corrected chi connectivity index (χ2v) is 6.23. The standard InChI is InChI=1S/C17H19BrFNO/c1-12(21)17(11-20,14-5-3-2-4-6-14)10-13-7-8-15(18)9-16(13)19/h2-9,12,21H,10-11,20H2,1H3. The Balaban J connectivity index is 2.46. The minimum atomic E-state index is -0.698. The number of nitrogens with two attached hydrogens (primary N) is 1. The fourth-order valence-electron chi connectivity index (χ4n) is 2.63. The normalized spacial score (nSPS) is 15.5. The Morgan fingerprint density at radius 3 is 2.43 bits per heavy atom. The molecule has 112 valence electrons. The number of hydrogen-bond donors (Lipinski definition) is 2. The van der Waals surface area contributed by atoms with Gasteiger partial charge in [-0.05, 0) is 36.6 Å². The van der Waals surface area contributed by atoms with Gasteiger partial charge in [0.25, 0.3) is 0 Å². The van der Waals surface area contributed by atoms with Crippen molar-refractivity contribution in [3.63, 3.8) is 0 Å². The number of aliphatic hydroxyl groups excluding tert-OH is 1. The summed E-state index contributed by atoms with van der Waals surface area (Å²) >= 11 is 3.25. The third kappa shape index (κ3) is 3.34. The van der Waals surface area contributed by atoms with Crippen molar-refractivity contribution in [1.29, 1.82) is 0 Å². The fraction of sp³-hybridized carbons (Fsp3) is 0.294. The third-order valence-corrected chi connectivity index (χ3v) is 4.53. The van der Waals surface area contributed by atoms with E-state index in [9.17, 15) is 9.50 Å². The van der Waals surface area contributed by atoms with E-state index >= 15 is 0 Å². The lowest BCUT2D eigenvalue weighted by Gasteiger charge is -2.36. The molecule has 0 aromatic heterocycles. The maximum Gasteiger partial charge on any atom is 0.127 e. The van der Waals surface area contributed by atoms with E-state index in [0.717, 1.165) is 5.56 Å². The third-order valence-electron chi connectivity index (χ3n) is 4.03. The molecule has 2 rings (SSSR count). The molecular weight excluding hydrogens is 333 g/mol. The van der Waals surface area contributed by atoms with Crippen LogP contribution in [0.1, 0.15) is 18.1 Å². The Morgan fingerprint density at radius 1 is 1.24 bits per heavy atom. The van der Waals surface area contributed by atoms with Gasteiger partial charge in [-0.15, -0.1) is 0 Å². The molecule has 0 amide bonds. The second-order valence-electron chi connectivity index (χ2n) is 5.31. The first kappa shape index (κ1) is 16.1. The molecule has 2 nitrogen and oxygen atoms in total. The van der Waals surface area contributed by atoms with Crippen LogP contribution < -0.4 is 5.73 Å². The van der Waals surface area contributed by atoms with Gasteiger partial charge in [0, 0.05) is 16.4 Å². The molecule has 3 N–H and O–H groups in total. The zero-order valence-corrected chi connectivity index (χ0v) is 13.5. The van der Waals surface area contributed by atoms with Crippen LogP contribution in [0.25, 0.3) is 0 Å². The molecule has 2 aromatic carbocycles. The number of aliphatic hydroxyl groups is 1. The van der Waals surface area contributed by atoms with Crippen molar-refractivity contribution in [3.8, 4) is 0 Å². The molecule has 21 heavy (non-hydrogen) atoms. The van der Waals surface area contributed by atoms with Crippen molar-refractivity contribution >= 4 is 15.9 Å². The highest BCUT2D eigenvalue weighted by Gasteiger charge is 2.36. The molecule has 0 heterocycles. The molecule has 2 unspecified atom stereocenters. The molecule has 0 radical (unpaired) electrons.